The number of carbonyl (C=O) groups excluding carboxylic acids is 1. The van der Waals surface area contributed by atoms with E-state index < -0.39 is 0 Å². The fourth-order valence-electron chi connectivity index (χ4n) is 1.95. The number of rotatable bonds is 1. The SMILES string of the molecule is O=C1CCc2cn(-c3ccccc3Br)nc21. The van der Waals surface area contributed by atoms with Crippen molar-refractivity contribution in [3.63, 3.8) is 0 Å². The zero-order chi connectivity index (χ0) is 11.1. The number of para-hydroxylation sites is 1. The van der Waals surface area contributed by atoms with Crippen molar-refractivity contribution in [1.29, 1.82) is 0 Å². The number of ketones is 1. The molecule has 0 radical (unpaired) electrons. The fraction of sp³-hybridized carbons (Fsp3) is 0.167. The molecule has 16 heavy (non-hydrogen) atoms. The number of halogens is 1. The summed E-state index contributed by atoms with van der Waals surface area (Å²) in [6.07, 6.45) is 3.37. The summed E-state index contributed by atoms with van der Waals surface area (Å²) in [5.41, 5.74) is 2.65. The van der Waals surface area contributed by atoms with Crippen molar-refractivity contribution in [3.8, 4) is 5.69 Å². The number of nitrogens with zero attached hydrogens (tertiary/aromatic N) is 2. The molecule has 80 valence electrons. The Hall–Kier alpha value is -1.42. The summed E-state index contributed by atoms with van der Waals surface area (Å²) in [5, 5.41) is 4.34. The lowest BCUT2D eigenvalue weighted by molar-refractivity contribution is 0.0989. The Kier molecular flexibility index (Phi) is 2.17. The molecule has 0 unspecified atom stereocenters. The number of Topliss-reactive ketones (excluding diaryl/α,β-unsaturated/α-hetero) is 1. The average molecular weight is 277 g/mol. The second-order valence-corrected chi connectivity index (χ2v) is 4.68. The van der Waals surface area contributed by atoms with Crippen LogP contribution in [0, 0.1) is 0 Å². The van der Waals surface area contributed by atoms with Gasteiger partial charge in [0.25, 0.3) is 0 Å². The molecule has 0 aliphatic heterocycles. The first-order valence-electron chi connectivity index (χ1n) is 5.12. The Morgan fingerprint density at radius 1 is 1.25 bits per heavy atom. The number of aromatic nitrogens is 2. The molecule has 0 saturated carbocycles. The van der Waals surface area contributed by atoms with E-state index in [4.69, 9.17) is 0 Å². The summed E-state index contributed by atoms with van der Waals surface area (Å²) in [5.74, 6) is 0.154. The van der Waals surface area contributed by atoms with Gasteiger partial charge >= 0.3 is 0 Å². The Morgan fingerprint density at radius 3 is 2.81 bits per heavy atom. The fourth-order valence-corrected chi connectivity index (χ4v) is 2.42. The maximum Gasteiger partial charge on any atom is 0.183 e. The molecule has 3 nitrogen and oxygen atoms in total. The van der Waals surface area contributed by atoms with Crippen molar-refractivity contribution in [3.05, 3.63) is 46.2 Å². The van der Waals surface area contributed by atoms with Gasteiger partial charge in [0, 0.05) is 22.7 Å². The Balaban J connectivity index is 2.12. The first-order valence-corrected chi connectivity index (χ1v) is 5.91. The third-order valence-corrected chi connectivity index (χ3v) is 3.45. The van der Waals surface area contributed by atoms with E-state index in [0.29, 0.717) is 12.1 Å². The molecule has 0 fully saturated rings. The molecule has 0 atom stereocenters. The Labute approximate surface area is 101 Å². The minimum Gasteiger partial charge on any atom is -0.292 e. The molecule has 1 aromatic carbocycles. The molecular weight excluding hydrogens is 268 g/mol. The first kappa shape index (κ1) is 9.78. The predicted octanol–water partition coefficient (Wildman–Crippen LogP) is 2.76. The summed E-state index contributed by atoms with van der Waals surface area (Å²) in [6, 6.07) is 7.84. The zero-order valence-corrected chi connectivity index (χ0v) is 10.1. The van der Waals surface area contributed by atoms with Crippen molar-refractivity contribution in [1.82, 2.24) is 9.78 Å². The molecule has 3 rings (SSSR count). The van der Waals surface area contributed by atoms with Crippen molar-refractivity contribution < 1.29 is 4.79 Å². The standard InChI is InChI=1S/C12H9BrN2O/c13-9-3-1-2-4-10(9)15-7-8-5-6-11(16)12(8)14-15/h1-4,7H,5-6H2. The van der Waals surface area contributed by atoms with Crippen LogP contribution >= 0.6 is 15.9 Å². The Morgan fingerprint density at radius 2 is 2.06 bits per heavy atom. The van der Waals surface area contributed by atoms with Crippen molar-refractivity contribution >= 4 is 21.7 Å². The van der Waals surface area contributed by atoms with E-state index in [0.717, 1.165) is 22.1 Å². The minimum absolute atomic E-state index is 0.154. The Bertz CT molecular complexity index is 574. The summed E-state index contributed by atoms with van der Waals surface area (Å²) >= 11 is 3.48. The zero-order valence-electron chi connectivity index (χ0n) is 8.48. The molecule has 1 heterocycles. The molecule has 2 aromatic rings. The molecule has 4 heteroatoms. The van der Waals surface area contributed by atoms with Crippen LogP contribution in [0.3, 0.4) is 0 Å². The molecule has 0 bridgehead atoms. The summed E-state index contributed by atoms with van der Waals surface area (Å²) in [7, 11) is 0. The van der Waals surface area contributed by atoms with Gasteiger partial charge in [-0.1, -0.05) is 12.1 Å². The van der Waals surface area contributed by atoms with Gasteiger partial charge in [-0.05, 0) is 34.5 Å². The molecule has 0 spiro atoms. The van der Waals surface area contributed by atoms with Gasteiger partial charge in [-0.2, -0.15) is 5.10 Å². The van der Waals surface area contributed by atoms with Gasteiger partial charge in [0.2, 0.25) is 0 Å². The van der Waals surface area contributed by atoms with Gasteiger partial charge in [0.05, 0.1) is 5.69 Å². The monoisotopic (exact) mass is 276 g/mol. The molecule has 0 N–H and O–H groups in total. The second-order valence-electron chi connectivity index (χ2n) is 3.82. The normalized spacial score (nSPS) is 14.2. The van der Waals surface area contributed by atoms with Crippen LogP contribution in [-0.2, 0) is 6.42 Å². The highest BCUT2D eigenvalue weighted by Gasteiger charge is 2.23. The maximum atomic E-state index is 11.5. The lowest BCUT2D eigenvalue weighted by Gasteiger charge is -2.03. The topological polar surface area (TPSA) is 34.9 Å². The van der Waals surface area contributed by atoms with Crippen LogP contribution in [-0.4, -0.2) is 15.6 Å². The van der Waals surface area contributed by atoms with Gasteiger partial charge in [-0.3, -0.25) is 4.79 Å². The molecule has 0 saturated heterocycles. The molecule has 0 amide bonds. The van der Waals surface area contributed by atoms with E-state index in [1.807, 2.05) is 30.5 Å². The lowest BCUT2D eigenvalue weighted by Crippen LogP contribution is -2.00. The van der Waals surface area contributed by atoms with E-state index >= 15 is 0 Å². The molecular formula is C12H9BrN2O. The number of aryl methyl sites for hydroxylation is 1. The summed E-state index contributed by atoms with van der Waals surface area (Å²) in [4.78, 5) is 11.5. The number of hydrogen-bond acceptors (Lipinski definition) is 2. The van der Waals surface area contributed by atoms with Crippen molar-refractivity contribution in [2.75, 3.05) is 0 Å². The van der Waals surface area contributed by atoms with Gasteiger partial charge in [-0.15, -0.1) is 0 Å². The second kappa shape index (κ2) is 3.56. The number of hydrogen-bond donors (Lipinski definition) is 0. The number of benzene rings is 1. The predicted molar refractivity (Wildman–Crippen MR) is 63.9 cm³/mol. The van der Waals surface area contributed by atoms with Gasteiger partial charge < -0.3 is 0 Å². The van der Waals surface area contributed by atoms with E-state index in [2.05, 4.69) is 21.0 Å². The highest BCUT2D eigenvalue weighted by Crippen LogP contribution is 2.25. The molecule has 1 aromatic heterocycles. The smallest absolute Gasteiger partial charge is 0.183 e. The molecule has 1 aliphatic rings. The van der Waals surface area contributed by atoms with Crippen molar-refractivity contribution in [2.45, 2.75) is 12.8 Å². The highest BCUT2D eigenvalue weighted by atomic mass is 79.9. The van der Waals surface area contributed by atoms with Crippen LogP contribution in [0.5, 0.6) is 0 Å². The van der Waals surface area contributed by atoms with E-state index in [1.165, 1.54) is 0 Å². The number of fused-ring (bicyclic) bond motifs is 1. The van der Waals surface area contributed by atoms with Crippen LogP contribution in [0.2, 0.25) is 0 Å². The quantitative estimate of drug-likeness (QED) is 0.803. The third-order valence-electron chi connectivity index (χ3n) is 2.77. The third kappa shape index (κ3) is 1.41. The van der Waals surface area contributed by atoms with Crippen LogP contribution in [0.1, 0.15) is 22.5 Å². The van der Waals surface area contributed by atoms with Gasteiger partial charge in [-0.25, -0.2) is 4.68 Å². The lowest BCUT2D eigenvalue weighted by atomic mass is 10.3. The van der Waals surface area contributed by atoms with E-state index in [-0.39, 0.29) is 5.78 Å². The largest absolute Gasteiger partial charge is 0.292 e. The highest BCUT2D eigenvalue weighted by molar-refractivity contribution is 9.10. The number of carbonyl (C=O) groups is 1. The van der Waals surface area contributed by atoms with Crippen LogP contribution < -0.4 is 0 Å². The van der Waals surface area contributed by atoms with Gasteiger partial charge in [0.15, 0.2) is 5.78 Å². The van der Waals surface area contributed by atoms with Crippen molar-refractivity contribution in [2.24, 2.45) is 0 Å². The average Bonchev–Trinajstić information content (AvgIpc) is 2.82. The maximum absolute atomic E-state index is 11.5. The molecule has 1 aliphatic carbocycles. The van der Waals surface area contributed by atoms with E-state index in [9.17, 15) is 4.79 Å². The van der Waals surface area contributed by atoms with Gasteiger partial charge in [0.1, 0.15) is 5.69 Å². The van der Waals surface area contributed by atoms with Crippen LogP contribution in [0.25, 0.3) is 5.69 Å². The first-order chi connectivity index (χ1) is 7.75. The van der Waals surface area contributed by atoms with Crippen LogP contribution in [0.15, 0.2) is 34.9 Å². The van der Waals surface area contributed by atoms with Crippen LogP contribution in [0.4, 0.5) is 0 Å². The summed E-state index contributed by atoms with van der Waals surface area (Å²) < 4.78 is 2.75. The van der Waals surface area contributed by atoms with E-state index in [1.54, 1.807) is 4.68 Å². The summed E-state index contributed by atoms with van der Waals surface area (Å²) in [6.45, 7) is 0. The minimum atomic E-state index is 0.154.